The van der Waals surface area contributed by atoms with Gasteiger partial charge in [0, 0.05) is 17.5 Å². The molecule has 5 aliphatic carbocycles. The Balaban J connectivity index is 1.43. The van der Waals surface area contributed by atoms with Gasteiger partial charge in [0.15, 0.2) is 0 Å². The molecule has 106 valence electrons. The number of amides is 1. The molecule has 0 saturated heterocycles. The number of carbonyl (C=O) groups is 1. The number of hydrogen-bond acceptors (Lipinski definition) is 2. The Kier molecular flexibility index (Phi) is 2.55. The van der Waals surface area contributed by atoms with Crippen molar-refractivity contribution in [3.63, 3.8) is 0 Å². The quantitative estimate of drug-likeness (QED) is 0.820. The first-order chi connectivity index (χ1) is 9.04. The smallest absolute Gasteiger partial charge is 0.222 e. The zero-order valence-electron chi connectivity index (χ0n) is 11.8. The van der Waals surface area contributed by atoms with Gasteiger partial charge in [-0.25, -0.2) is 0 Å². The summed E-state index contributed by atoms with van der Waals surface area (Å²) in [5, 5.41) is 3.43. The second-order valence-corrected chi connectivity index (χ2v) is 8.14. The van der Waals surface area contributed by atoms with Crippen LogP contribution in [0.4, 0.5) is 0 Å². The minimum Gasteiger partial charge on any atom is -0.351 e. The van der Waals surface area contributed by atoms with Crippen molar-refractivity contribution in [1.82, 2.24) is 5.32 Å². The van der Waals surface area contributed by atoms with Gasteiger partial charge in [-0.1, -0.05) is 0 Å². The minimum absolute atomic E-state index is 0.159. The maximum absolute atomic E-state index is 12.3. The molecule has 3 heteroatoms. The van der Waals surface area contributed by atoms with E-state index < -0.39 is 0 Å². The topological polar surface area (TPSA) is 55.1 Å². The molecule has 1 amide bonds. The molecule has 5 saturated carbocycles. The summed E-state index contributed by atoms with van der Waals surface area (Å²) in [5.74, 6) is 2.90. The van der Waals surface area contributed by atoms with Crippen LogP contribution < -0.4 is 11.1 Å². The third-order valence-corrected chi connectivity index (χ3v) is 6.30. The summed E-state index contributed by atoms with van der Waals surface area (Å²) < 4.78 is 0. The summed E-state index contributed by atoms with van der Waals surface area (Å²) in [6, 6.07) is 0. The molecule has 0 atom stereocenters. The van der Waals surface area contributed by atoms with Crippen LogP contribution in [0.3, 0.4) is 0 Å². The van der Waals surface area contributed by atoms with Crippen LogP contribution in [0.15, 0.2) is 0 Å². The molecule has 3 nitrogen and oxygen atoms in total. The molecule has 0 radical (unpaired) electrons. The van der Waals surface area contributed by atoms with Crippen LogP contribution in [0, 0.1) is 17.8 Å². The van der Waals surface area contributed by atoms with E-state index in [0.717, 1.165) is 30.6 Å². The molecule has 19 heavy (non-hydrogen) atoms. The first-order valence-electron chi connectivity index (χ1n) is 8.14. The van der Waals surface area contributed by atoms with Crippen LogP contribution >= 0.6 is 0 Å². The molecule has 0 unspecified atom stereocenters. The van der Waals surface area contributed by atoms with E-state index >= 15 is 0 Å². The van der Waals surface area contributed by atoms with Gasteiger partial charge in [0.2, 0.25) is 5.91 Å². The largest absolute Gasteiger partial charge is 0.351 e. The van der Waals surface area contributed by atoms with E-state index in [4.69, 9.17) is 5.73 Å². The lowest BCUT2D eigenvalue weighted by Crippen LogP contribution is -2.61. The fourth-order valence-corrected chi connectivity index (χ4v) is 5.73. The maximum Gasteiger partial charge on any atom is 0.222 e. The Labute approximate surface area is 115 Å². The number of nitrogens with one attached hydrogen (secondary N) is 1. The molecular formula is C16H26N2O. The summed E-state index contributed by atoms with van der Waals surface area (Å²) in [5.41, 5.74) is 6.19. The van der Waals surface area contributed by atoms with E-state index in [1.807, 2.05) is 0 Å². The van der Waals surface area contributed by atoms with Crippen molar-refractivity contribution in [2.24, 2.45) is 23.5 Å². The van der Waals surface area contributed by atoms with Gasteiger partial charge in [-0.2, -0.15) is 0 Å². The highest BCUT2D eigenvalue weighted by molar-refractivity contribution is 5.78. The van der Waals surface area contributed by atoms with Crippen molar-refractivity contribution in [3.05, 3.63) is 0 Å². The van der Waals surface area contributed by atoms with Gasteiger partial charge in [0.05, 0.1) is 0 Å². The summed E-state index contributed by atoms with van der Waals surface area (Å²) in [6.45, 7) is 0. The number of rotatable bonds is 3. The van der Waals surface area contributed by atoms with Crippen molar-refractivity contribution < 1.29 is 4.79 Å². The zero-order valence-corrected chi connectivity index (χ0v) is 11.8. The van der Waals surface area contributed by atoms with E-state index in [0.29, 0.717) is 6.42 Å². The Bertz CT molecular complexity index is 364. The standard InChI is InChI=1S/C16H26N2O/c17-15(2-1-3-15)10-14(19)18-16-7-11-4-12(8-16)6-13(5-11)9-16/h11-13H,1-10,17H2,(H,18,19). The van der Waals surface area contributed by atoms with Crippen molar-refractivity contribution in [3.8, 4) is 0 Å². The van der Waals surface area contributed by atoms with Gasteiger partial charge in [-0.15, -0.1) is 0 Å². The summed E-state index contributed by atoms with van der Waals surface area (Å²) in [7, 11) is 0. The molecule has 0 aromatic heterocycles. The Hall–Kier alpha value is -0.570. The normalized spacial score (nSPS) is 45.8. The Morgan fingerprint density at radius 3 is 2.00 bits per heavy atom. The first-order valence-corrected chi connectivity index (χ1v) is 8.14. The highest BCUT2D eigenvalue weighted by Gasteiger charge is 2.51. The number of hydrogen-bond donors (Lipinski definition) is 2. The molecular weight excluding hydrogens is 236 g/mol. The van der Waals surface area contributed by atoms with Crippen LogP contribution in [0.2, 0.25) is 0 Å². The van der Waals surface area contributed by atoms with Gasteiger partial charge in [0.1, 0.15) is 0 Å². The van der Waals surface area contributed by atoms with Gasteiger partial charge >= 0.3 is 0 Å². The predicted molar refractivity (Wildman–Crippen MR) is 74.4 cm³/mol. The lowest BCUT2D eigenvalue weighted by atomic mass is 9.53. The second kappa shape index (κ2) is 3.97. The van der Waals surface area contributed by atoms with Crippen molar-refractivity contribution in [2.75, 3.05) is 0 Å². The lowest BCUT2D eigenvalue weighted by Gasteiger charge is -2.57. The second-order valence-electron chi connectivity index (χ2n) is 8.14. The third-order valence-electron chi connectivity index (χ3n) is 6.30. The van der Waals surface area contributed by atoms with Crippen LogP contribution in [-0.2, 0) is 4.79 Å². The first kappa shape index (κ1) is 12.2. The van der Waals surface area contributed by atoms with Crippen molar-refractivity contribution in [1.29, 1.82) is 0 Å². The molecule has 4 bridgehead atoms. The molecule has 5 aliphatic rings. The third kappa shape index (κ3) is 2.10. The van der Waals surface area contributed by atoms with E-state index in [-0.39, 0.29) is 17.0 Å². The van der Waals surface area contributed by atoms with E-state index in [9.17, 15) is 4.79 Å². The van der Waals surface area contributed by atoms with Crippen molar-refractivity contribution >= 4 is 5.91 Å². The van der Waals surface area contributed by atoms with Crippen LogP contribution in [0.25, 0.3) is 0 Å². The molecule has 0 spiro atoms. The molecule has 5 rings (SSSR count). The molecule has 0 heterocycles. The minimum atomic E-state index is -0.174. The van der Waals surface area contributed by atoms with Gasteiger partial charge in [0.25, 0.3) is 0 Å². The average Bonchev–Trinajstić information content (AvgIpc) is 2.23. The summed E-state index contributed by atoms with van der Waals surface area (Å²) >= 11 is 0. The number of nitrogens with two attached hydrogens (primary N) is 1. The Morgan fingerprint density at radius 2 is 1.58 bits per heavy atom. The zero-order chi connectivity index (χ0) is 13.1. The van der Waals surface area contributed by atoms with Crippen LogP contribution in [0.1, 0.15) is 64.2 Å². The molecule has 5 fully saturated rings. The van der Waals surface area contributed by atoms with Crippen molar-refractivity contribution in [2.45, 2.75) is 75.3 Å². The van der Waals surface area contributed by atoms with E-state index in [2.05, 4.69) is 5.32 Å². The van der Waals surface area contributed by atoms with Gasteiger partial charge in [-0.05, 0) is 75.5 Å². The molecule has 3 N–H and O–H groups in total. The SMILES string of the molecule is NC1(CC(=O)NC23CC4CC(CC(C4)C2)C3)CCC1. The van der Waals surface area contributed by atoms with E-state index in [1.54, 1.807) is 0 Å². The van der Waals surface area contributed by atoms with Crippen LogP contribution in [-0.4, -0.2) is 17.0 Å². The lowest BCUT2D eigenvalue weighted by molar-refractivity contribution is -0.128. The fraction of sp³-hybridized carbons (Fsp3) is 0.938. The summed E-state index contributed by atoms with van der Waals surface area (Å²) in [4.78, 5) is 12.3. The highest BCUT2D eigenvalue weighted by atomic mass is 16.1. The van der Waals surface area contributed by atoms with Gasteiger partial charge in [-0.3, -0.25) is 4.79 Å². The fourth-order valence-electron chi connectivity index (χ4n) is 5.73. The molecule has 0 aromatic carbocycles. The van der Waals surface area contributed by atoms with E-state index in [1.165, 1.54) is 44.9 Å². The summed E-state index contributed by atoms with van der Waals surface area (Å²) in [6.07, 6.45) is 11.8. The van der Waals surface area contributed by atoms with Crippen LogP contribution in [0.5, 0.6) is 0 Å². The predicted octanol–water partition coefficient (Wildman–Crippen LogP) is 2.34. The molecule has 0 aromatic rings. The highest BCUT2D eigenvalue weighted by Crippen LogP contribution is 2.55. The Morgan fingerprint density at radius 1 is 1.05 bits per heavy atom. The monoisotopic (exact) mass is 262 g/mol. The average molecular weight is 262 g/mol. The van der Waals surface area contributed by atoms with Gasteiger partial charge < -0.3 is 11.1 Å². The molecule has 0 aliphatic heterocycles. The maximum atomic E-state index is 12.3. The number of carbonyl (C=O) groups excluding carboxylic acids is 1.